The summed E-state index contributed by atoms with van der Waals surface area (Å²) >= 11 is 0. The number of carbonyl (C=O) groups is 2. The van der Waals surface area contributed by atoms with Crippen LogP contribution in [0.1, 0.15) is 34.7 Å². The Kier molecular flexibility index (Phi) is 4.04. The Morgan fingerprint density at radius 2 is 2.07 bits per heavy atom. The molecule has 2 saturated heterocycles. The van der Waals surface area contributed by atoms with Crippen LogP contribution in [0, 0.1) is 0 Å². The fourth-order valence-electron chi connectivity index (χ4n) is 4.39. The van der Waals surface area contributed by atoms with E-state index in [1.54, 1.807) is 17.0 Å². The van der Waals surface area contributed by atoms with Gasteiger partial charge in [-0.25, -0.2) is 4.79 Å². The van der Waals surface area contributed by atoms with Crippen molar-refractivity contribution in [2.45, 2.75) is 42.8 Å². The van der Waals surface area contributed by atoms with Crippen molar-refractivity contribution >= 4 is 19.0 Å². The Morgan fingerprint density at radius 3 is 2.75 bits per heavy atom. The van der Waals surface area contributed by atoms with E-state index in [4.69, 9.17) is 9.39 Å². The summed E-state index contributed by atoms with van der Waals surface area (Å²) in [6, 6.07) is 3.06. The molecule has 0 radical (unpaired) electrons. The molecule has 0 aromatic heterocycles. The highest BCUT2D eigenvalue weighted by atomic mass is 16.5. The quantitative estimate of drug-likeness (QED) is 0.505. The van der Waals surface area contributed by atoms with Gasteiger partial charge in [-0.3, -0.25) is 4.79 Å². The molecule has 3 fully saturated rings. The van der Waals surface area contributed by atoms with Gasteiger partial charge in [-0.15, -0.1) is 0 Å². The molecular formula is C18H21BN2O7. The first-order valence-electron chi connectivity index (χ1n) is 9.54. The van der Waals surface area contributed by atoms with Crippen LogP contribution in [0.2, 0.25) is 5.82 Å². The van der Waals surface area contributed by atoms with E-state index in [-0.39, 0.29) is 46.9 Å². The molecule has 4 N–H and O–H groups in total. The molecule has 1 aliphatic carbocycles. The van der Waals surface area contributed by atoms with E-state index in [2.05, 4.69) is 5.32 Å². The molecule has 10 heteroatoms. The van der Waals surface area contributed by atoms with Crippen LogP contribution in [0.3, 0.4) is 0 Å². The monoisotopic (exact) mass is 388 g/mol. The van der Waals surface area contributed by atoms with Gasteiger partial charge in [0.2, 0.25) is 5.91 Å². The number of carbonyl (C=O) groups excluding carboxylic acids is 1. The largest absolute Gasteiger partial charge is 0.535 e. The number of aliphatic hydroxyl groups excluding tert-OH is 1. The lowest BCUT2D eigenvalue weighted by Crippen LogP contribution is -2.59. The summed E-state index contributed by atoms with van der Waals surface area (Å²) in [5.41, 5.74) is 0.726. The van der Waals surface area contributed by atoms with Gasteiger partial charge in [-0.1, -0.05) is 6.07 Å². The molecular weight excluding hydrogens is 367 g/mol. The Labute approximate surface area is 161 Å². The summed E-state index contributed by atoms with van der Waals surface area (Å²) in [7, 11) is -0.989. The predicted octanol–water partition coefficient (Wildman–Crippen LogP) is -0.572. The zero-order valence-electron chi connectivity index (χ0n) is 15.1. The Balaban J connectivity index is 1.28. The minimum absolute atomic E-state index is 0.0369. The molecule has 1 saturated carbocycles. The van der Waals surface area contributed by atoms with Crippen LogP contribution in [0.25, 0.3) is 0 Å². The number of hydrogen-bond donors (Lipinski definition) is 4. The highest BCUT2D eigenvalue weighted by Crippen LogP contribution is 2.60. The molecule has 1 unspecified atom stereocenters. The van der Waals surface area contributed by atoms with E-state index in [0.29, 0.717) is 26.1 Å². The molecule has 1 aromatic rings. The number of aromatic carboxylic acids is 1. The van der Waals surface area contributed by atoms with Crippen molar-refractivity contribution in [3.05, 3.63) is 23.3 Å². The normalized spacial score (nSPS) is 30.8. The van der Waals surface area contributed by atoms with Crippen molar-refractivity contribution in [3.8, 4) is 11.5 Å². The second-order valence-corrected chi connectivity index (χ2v) is 8.01. The second-order valence-electron chi connectivity index (χ2n) is 8.01. The number of ether oxygens (including phenoxy) is 1. The van der Waals surface area contributed by atoms with Crippen LogP contribution in [0.5, 0.6) is 11.5 Å². The Morgan fingerprint density at radius 1 is 1.29 bits per heavy atom. The van der Waals surface area contributed by atoms with Gasteiger partial charge >= 0.3 is 13.1 Å². The third kappa shape index (κ3) is 2.83. The van der Waals surface area contributed by atoms with Crippen molar-refractivity contribution < 1.29 is 34.2 Å². The average molecular weight is 388 g/mol. The number of carboxylic acid groups (broad SMARTS) is 1. The number of hydrogen-bond acceptors (Lipinski definition) is 7. The number of benzene rings is 1. The fraction of sp³-hybridized carbons (Fsp3) is 0.556. The minimum atomic E-state index is -1.17. The van der Waals surface area contributed by atoms with Gasteiger partial charge in [0.25, 0.3) is 0 Å². The predicted molar refractivity (Wildman–Crippen MR) is 96.5 cm³/mol. The van der Waals surface area contributed by atoms with E-state index in [1.165, 1.54) is 0 Å². The summed E-state index contributed by atoms with van der Waals surface area (Å²) in [6.45, 7) is 1.13. The van der Waals surface area contributed by atoms with Gasteiger partial charge in [-0.2, -0.15) is 0 Å². The number of fused-ring (bicyclic) bond motifs is 3. The molecule has 0 spiro atoms. The summed E-state index contributed by atoms with van der Waals surface area (Å²) in [6.07, 6.45) is 0.374. The summed E-state index contributed by atoms with van der Waals surface area (Å²) in [5, 5.41) is 32.2. The van der Waals surface area contributed by atoms with E-state index in [9.17, 15) is 24.8 Å². The number of nitrogens with zero attached hydrogens (tertiary/aromatic N) is 1. The number of aliphatic hydroxyl groups is 1. The summed E-state index contributed by atoms with van der Waals surface area (Å²) in [5.74, 6) is -0.704. The molecule has 3 aliphatic heterocycles. The van der Waals surface area contributed by atoms with Crippen molar-refractivity contribution in [2.75, 3.05) is 19.6 Å². The molecule has 148 valence electrons. The first-order valence-corrected chi connectivity index (χ1v) is 9.54. The number of β-amino-alcohol motifs (C(OH)–C–C–N with tert-alkyl or cyclic N) is 1. The van der Waals surface area contributed by atoms with Gasteiger partial charge in [0.15, 0.2) is 0 Å². The van der Waals surface area contributed by atoms with Crippen LogP contribution in [-0.4, -0.2) is 77.0 Å². The third-order valence-corrected chi connectivity index (χ3v) is 6.07. The van der Waals surface area contributed by atoms with Gasteiger partial charge in [0, 0.05) is 12.4 Å². The molecule has 1 aromatic carbocycles. The minimum Gasteiger partial charge on any atom is -0.535 e. The van der Waals surface area contributed by atoms with Crippen molar-refractivity contribution in [2.24, 2.45) is 0 Å². The lowest BCUT2D eigenvalue weighted by molar-refractivity contribution is -0.142. The van der Waals surface area contributed by atoms with Gasteiger partial charge in [0.1, 0.15) is 23.2 Å². The molecule has 0 bridgehead atoms. The van der Waals surface area contributed by atoms with Crippen LogP contribution in [0.4, 0.5) is 0 Å². The topological polar surface area (TPSA) is 129 Å². The van der Waals surface area contributed by atoms with Crippen molar-refractivity contribution in [3.63, 3.8) is 0 Å². The first-order chi connectivity index (χ1) is 13.4. The molecule has 28 heavy (non-hydrogen) atoms. The number of likely N-dealkylation sites (tertiary alicyclic amines) is 1. The molecule has 9 nitrogen and oxygen atoms in total. The first kappa shape index (κ1) is 17.8. The summed E-state index contributed by atoms with van der Waals surface area (Å²) in [4.78, 5) is 25.9. The highest BCUT2D eigenvalue weighted by molar-refractivity contribution is 6.48. The SMILES string of the molecule is O=C(O)c1c(OC2CN(C(=O)[C@@H]3C[C@H](O)CN3)C2)ccc2c1OB(O)[C@@H]1CC21. The fourth-order valence-corrected chi connectivity index (χ4v) is 4.39. The smallest absolute Gasteiger partial charge is 0.526 e. The van der Waals surface area contributed by atoms with E-state index >= 15 is 0 Å². The number of carboxylic acids is 1. The molecule has 1 amide bonds. The maximum Gasteiger partial charge on any atom is 0.526 e. The Hall–Kier alpha value is -2.30. The average Bonchev–Trinajstić information content (AvgIpc) is 3.31. The van der Waals surface area contributed by atoms with Crippen molar-refractivity contribution in [1.82, 2.24) is 10.2 Å². The maximum atomic E-state index is 12.4. The zero-order chi connectivity index (χ0) is 19.6. The maximum absolute atomic E-state index is 12.4. The highest BCUT2D eigenvalue weighted by Gasteiger charge is 2.54. The third-order valence-electron chi connectivity index (χ3n) is 6.07. The van der Waals surface area contributed by atoms with Gasteiger partial charge < -0.3 is 34.8 Å². The molecule has 5 rings (SSSR count). The number of rotatable bonds is 4. The van der Waals surface area contributed by atoms with Crippen molar-refractivity contribution in [1.29, 1.82) is 0 Å². The van der Waals surface area contributed by atoms with Crippen LogP contribution < -0.4 is 14.7 Å². The van der Waals surface area contributed by atoms with Crippen LogP contribution in [-0.2, 0) is 4.79 Å². The lowest BCUT2D eigenvalue weighted by Gasteiger charge is -2.40. The zero-order valence-corrected chi connectivity index (χ0v) is 15.1. The van der Waals surface area contributed by atoms with E-state index < -0.39 is 19.2 Å². The van der Waals surface area contributed by atoms with Gasteiger partial charge in [0.05, 0.1) is 25.2 Å². The summed E-state index contributed by atoms with van der Waals surface area (Å²) < 4.78 is 11.3. The Bertz CT molecular complexity index is 843. The van der Waals surface area contributed by atoms with E-state index in [1.807, 2.05) is 0 Å². The van der Waals surface area contributed by atoms with Crippen LogP contribution >= 0.6 is 0 Å². The standard InChI is InChI=1S/C18H21BN2O7/c22-8-3-13(20-5-8)17(23)21-6-9(7-21)27-14-2-1-10-11-4-12(11)19(26)28-16(10)15(14)18(24)25/h1-2,8-9,11-13,20,22,26H,3-7H2,(H,24,25)/t8-,11?,12+,13-/m0/s1. The number of amides is 1. The molecule has 4 atom stereocenters. The van der Waals surface area contributed by atoms with Crippen LogP contribution in [0.15, 0.2) is 12.1 Å². The number of nitrogens with one attached hydrogen (secondary N) is 1. The molecule has 3 heterocycles. The van der Waals surface area contributed by atoms with Gasteiger partial charge in [-0.05, 0) is 30.4 Å². The second kappa shape index (κ2) is 6.36. The van der Waals surface area contributed by atoms with E-state index in [0.717, 1.165) is 12.0 Å². The molecule has 4 aliphatic rings. The lowest BCUT2D eigenvalue weighted by atomic mass is 9.77.